The van der Waals surface area contributed by atoms with E-state index < -0.39 is 10.2 Å². The highest BCUT2D eigenvalue weighted by Crippen LogP contribution is 2.27. The molecule has 0 fully saturated rings. The second-order valence-corrected chi connectivity index (χ2v) is 9.93. The van der Waals surface area contributed by atoms with Crippen molar-refractivity contribution in [1.29, 1.82) is 0 Å². The number of hydrogen-bond donors (Lipinski definition) is 1. The molecular weight excluding hydrogens is 390 g/mol. The Morgan fingerprint density at radius 1 is 1.24 bits per heavy atom. The Kier molecular flexibility index (Phi) is 7.29. The number of amides is 1. The number of unbranched alkanes of at least 4 members (excludes halogenated alkanes) is 1. The van der Waals surface area contributed by atoms with Crippen molar-refractivity contribution < 1.29 is 13.2 Å². The van der Waals surface area contributed by atoms with Crippen LogP contribution in [0.25, 0.3) is 11.0 Å². The summed E-state index contributed by atoms with van der Waals surface area (Å²) in [6.07, 6.45) is 2.66. The van der Waals surface area contributed by atoms with Gasteiger partial charge in [-0.3, -0.25) is 9.52 Å². The first-order chi connectivity index (χ1) is 13.5. The van der Waals surface area contributed by atoms with Crippen LogP contribution in [-0.2, 0) is 23.7 Å². The predicted molar refractivity (Wildman–Crippen MR) is 117 cm³/mol. The van der Waals surface area contributed by atoms with Gasteiger partial charge in [0, 0.05) is 41.2 Å². The molecule has 0 saturated carbocycles. The van der Waals surface area contributed by atoms with Crippen LogP contribution in [0.3, 0.4) is 0 Å². The van der Waals surface area contributed by atoms with Gasteiger partial charge in [-0.15, -0.1) is 0 Å². The van der Waals surface area contributed by atoms with Gasteiger partial charge in [-0.25, -0.2) is 4.98 Å². The minimum absolute atomic E-state index is 0.145. The number of carbonyl (C=O) groups is 1. The van der Waals surface area contributed by atoms with Crippen LogP contribution in [0.5, 0.6) is 0 Å². The van der Waals surface area contributed by atoms with Gasteiger partial charge in [-0.1, -0.05) is 27.2 Å². The minimum Gasteiger partial charge on any atom is -0.342 e. The second-order valence-electron chi connectivity index (χ2n) is 8.05. The Morgan fingerprint density at radius 3 is 2.45 bits per heavy atom. The maximum Gasteiger partial charge on any atom is 0.301 e. The zero-order valence-corrected chi connectivity index (χ0v) is 19.3. The molecule has 2 aromatic rings. The summed E-state index contributed by atoms with van der Waals surface area (Å²) >= 11 is 0. The predicted octanol–water partition coefficient (Wildman–Crippen LogP) is 2.86. The van der Waals surface area contributed by atoms with Gasteiger partial charge in [0.2, 0.25) is 0 Å². The summed E-state index contributed by atoms with van der Waals surface area (Å²) in [6.45, 7) is 6.94. The van der Waals surface area contributed by atoms with Gasteiger partial charge >= 0.3 is 10.2 Å². The molecule has 0 saturated heterocycles. The molecule has 1 heterocycles. The molecule has 162 valence electrons. The van der Waals surface area contributed by atoms with Crippen LogP contribution in [0, 0.1) is 5.92 Å². The molecule has 1 aromatic carbocycles. The van der Waals surface area contributed by atoms with Crippen molar-refractivity contribution >= 4 is 32.8 Å². The van der Waals surface area contributed by atoms with Crippen LogP contribution in [-0.4, -0.2) is 60.8 Å². The summed E-state index contributed by atoms with van der Waals surface area (Å²) < 4.78 is 30.2. The molecule has 8 nitrogen and oxygen atoms in total. The zero-order valence-electron chi connectivity index (χ0n) is 18.5. The molecule has 2 rings (SSSR count). The van der Waals surface area contributed by atoms with Crippen molar-refractivity contribution in [3.05, 3.63) is 23.5 Å². The standard InChI is InChI=1S/C20H33N5O3S/c1-8-9-10-24(6)20(26)16-12-15(22-29(27,28)23(4)5)13-17-19(16)25(7)18(21-17)11-14(2)3/h12-14,22H,8-11H2,1-7H3. The highest BCUT2D eigenvalue weighted by molar-refractivity contribution is 7.90. The summed E-state index contributed by atoms with van der Waals surface area (Å²) in [5, 5.41) is 0. The van der Waals surface area contributed by atoms with Crippen LogP contribution < -0.4 is 4.72 Å². The van der Waals surface area contributed by atoms with Crippen LogP contribution >= 0.6 is 0 Å². The molecule has 0 unspecified atom stereocenters. The topological polar surface area (TPSA) is 87.5 Å². The molecule has 1 aromatic heterocycles. The van der Waals surface area contributed by atoms with Crippen LogP contribution in [0.15, 0.2) is 12.1 Å². The Morgan fingerprint density at radius 2 is 1.90 bits per heavy atom. The zero-order chi connectivity index (χ0) is 21.9. The number of benzene rings is 1. The molecule has 29 heavy (non-hydrogen) atoms. The first-order valence-electron chi connectivity index (χ1n) is 9.93. The third-order valence-corrected chi connectivity index (χ3v) is 6.26. The van der Waals surface area contributed by atoms with Crippen molar-refractivity contribution in [2.45, 2.75) is 40.0 Å². The highest BCUT2D eigenvalue weighted by atomic mass is 32.2. The number of rotatable bonds is 9. The van der Waals surface area contributed by atoms with Gasteiger partial charge in [-0.05, 0) is 24.5 Å². The molecule has 0 bridgehead atoms. The third-order valence-electron chi connectivity index (χ3n) is 4.80. The number of imidazole rings is 1. The summed E-state index contributed by atoms with van der Waals surface area (Å²) in [5.74, 6) is 1.13. The Hall–Kier alpha value is -2.13. The number of hydrogen-bond acceptors (Lipinski definition) is 4. The fourth-order valence-corrected chi connectivity index (χ4v) is 3.71. The van der Waals surface area contributed by atoms with E-state index in [1.807, 2.05) is 11.6 Å². The van der Waals surface area contributed by atoms with Gasteiger partial charge < -0.3 is 9.47 Å². The average Bonchev–Trinajstić information content (AvgIpc) is 2.92. The fraction of sp³-hybridized carbons (Fsp3) is 0.600. The first kappa shape index (κ1) is 23.2. The van der Waals surface area contributed by atoms with Gasteiger partial charge in [-0.2, -0.15) is 12.7 Å². The van der Waals surface area contributed by atoms with Gasteiger partial charge in [0.15, 0.2) is 0 Å². The van der Waals surface area contributed by atoms with E-state index in [-0.39, 0.29) is 5.91 Å². The van der Waals surface area contributed by atoms with Crippen LogP contribution in [0.2, 0.25) is 0 Å². The average molecular weight is 424 g/mol. The molecule has 0 spiro atoms. The lowest BCUT2D eigenvalue weighted by Crippen LogP contribution is -2.30. The van der Waals surface area contributed by atoms with E-state index in [4.69, 9.17) is 4.98 Å². The molecule has 9 heteroatoms. The lowest BCUT2D eigenvalue weighted by atomic mass is 10.1. The smallest absolute Gasteiger partial charge is 0.301 e. The Balaban J connectivity index is 2.63. The molecule has 1 N–H and O–H groups in total. The van der Waals surface area contributed by atoms with E-state index >= 15 is 0 Å². The number of nitrogens with one attached hydrogen (secondary N) is 1. The molecule has 0 radical (unpaired) electrons. The maximum atomic E-state index is 13.2. The lowest BCUT2D eigenvalue weighted by Gasteiger charge is -2.19. The van der Waals surface area contributed by atoms with Crippen molar-refractivity contribution in [3.8, 4) is 0 Å². The summed E-state index contributed by atoms with van der Waals surface area (Å²) in [4.78, 5) is 19.6. The number of aryl methyl sites for hydroxylation is 1. The molecule has 0 aliphatic rings. The number of aromatic nitrogens is 2. The van der Waals surface area contributed by atoms with Crippen molar-refractivity contribution in [2.75, 3.05) is 32.4 Å². The van der Waals surface area contributed by atoms with E-state index in [1.165, 1.54) is 14.1 Å². The largest absolute Gasteiger partial charge is 0.342 e. The molecule has 1 amide bonds. The minimum atomic E-state index is -3.70. The Labute approximate surface area is 174 Å². The molecular formula is C20H33N5O3S. The highest BCUT2D eigenvalue weighted by Gasteiger charge is 2.23. The van der Waals surface area contributed by atoms with Crippen LogP contribution in [0.4, 0.5) is 5.69 Å². The fourth-order valence-electron chi connectivity index (χ4n) is 3.11. The van der Waals surface area contributed by atoms with E-state index in [0.29, 0.717) is 29.2 Å². The summed E-state index contributed by atoms with van der Waals surface area (Å²) in [7, 11) is 2.88. The van der Waals surface area contributed by atoms with E-state index in [0.717, 1.165) is 34.9 Å². The number of carbonyl (C=O) groups excluding carboxylic acids is 1. The van der Waals surface area contributed by atoms with Gasteiger partial charge in [0.05, 0.1) is 22.3 Å². The quantitative estimate of drug-likeness (QED) is 0.672. The normalized spacial score (nSPS) is 12.2. The van der Waals surface area contributed by atoms with Crippen molar-refractivity contribution in [3.63, 3.8) is 0 Å². The SMILES string of the molecule is CCCCN(C)C(=O)c1cc(NS(=O)(=O)N(C)C)cc2nc(CC(C)C)n(C)c12. The van der Waals surface area contributed by atoms with Crippen LogP contribution in [0.1, 0.15) is 49.8 Å². The van der Waals surface area contributed by atoms with E-state index in [9.17, 15) is 13.2 Å². The van der Waals surface area contributed by atoms with E-state index in [2.05, 4.69) is 25.5 Å². The first-order valence-corrected chi connectivity index (χ1v) is 11.4. The van der Waals surface area contributed by atoms with Gasteiger partial charge in [0.25, 0.3) is 5.91 Å². The van der Waals surface area contributed by atoms with E-state index in [1.54, 1.807) is 24.1 Å². The second kappa shape index (κ2) is 9.13. The molecule has 0 aliphatic carbocycles. The monoisotopic (exact) mass is 423 g/mol. The number of nitrogens with zero attached hydrogens (tertiary/aromatic N) is 4. The Bertz CT molecular complexity index is 980. The number of anilines is 1. The molecule has 0 atom stereocenters. The van der Waals surface area contributed by atoms with Crippen molar-refractivity contribution in [1.82, 2.24) is 18.8 Å². The molecule has 0 aliphatic heterocycles. The maximum absolute atomic E-state index is 13.2. The summed E-state index contributed by atoms with van der Waals surface area (Å²) in [5.41, 5.74) is 2.10. The third kappa shape index (κ3) is 5.27. The van der Waals surface area contributed by atoms with Gasteiger partial charge in [0.1, 0.15) is 5.82 Å². The van der Waals surface area contributed by atoms with Crippen molar-refractivity contribution in [2.24, 2.45) is 13.0 Å². The number of fused-ring (bicyclic) bond motifs is 1. The summed E-state index contributed by atoms with van der Waals surface area (Å²) in [6, 6.07) is 3.29. The lowest BCUT2D eigenvalue weighted by molar-refractivity contribution is 0.0795.